The van der Waals surface area contributed by atoms with E-state index in [0.717, 1.165) is 0 Å². The Bertz CT molecular complexity index is 364. The lowest BCUT2D eigenvalue weighted by atomic mass is 9.90. The summed E-state index contributed by atoms with van der Waals surface area (Å²) in [7, 11) is 2.20. The van der Waals surface area contributed by atoms with Gasteiger partial charge in [-0.15, -0.1) is 11.3 Å². The maximum Gasteiger partial charge on any atom is 0.0960 e. The SMILES string of the molecule is CN1CCC(c2nc(C(C)(C)CN)cs2)CC1. The van der Waals surface area contributed by atoms with Crippen molar-refractivity contribution in [3.8, 4) is 0 Å². The van der Waals surface area contributed by atoms with Gasteiger partial charge in [0.25, 0.3) is 0 Å². The fourth-order valence-corrected chi connectivity index (χ4v) is 3.33. The Balaban J connectivity index is 2.08. The van der Waals surface area contributed by atoms with Crippen molar-refractivity contribution in [3.05, 3.63) is 16.1 Å². The molecule has 2 heterocycles. The van der Waals surface area contributed by atoms with Gasteiger partial charge in [-0.05, 0) is 33.0 Å². The van der Waals surface area contributed by atoms with Crippen LogP contribution in [0.15, 0.2) is 5.38 Å². The van der Waals surface area contributed by atoms with Crippen LogP contribution in [0.5, 0.6) is 0 Å². The van der Waals surface area contributed by atoms with Gasteiger partial charge in [0.15, 0.2) is 0 Å². The number of aromatic nitrogens is 1. The molecule has 17 heavy (non-hydrogen) atoms. The van der Waals surface area contributed by atoms with Crippen molar-refractivity contribution in [2.75, 3.05) is 26.7 Å². The average molecular weight is 253 g/mol. The molecular formula is C13H23N3S. The first-order valence-corrected chi connectivity index (χ1v) is 7.25. The highest BCUT2D eigenvalue weighted by molar-refractivity contribution is 7.09. The van der Waals surface area contributed by atoms with E-state index in [9.17, 15) is 0 Å². The average Bonchev–Trinajstić information content (AvgIpc) is 2.80. The van der Waals surface area contributed by atoms with Gasteiger partial charge in [0.2, 0.25) is 0 Å². The Kier molecular flexibility index (Phi) is 3.85. The number of rotatable bonds is 3. The maximum atomic E-state index is 5.80. The van der Waals surface area contributed by atoms with Crippen molar-refractivity contribution in [2.24, 2.45) is 5.73 Å². The summed E-state index contributed by atoms with van der Waals surface area (Å²) < 4.78 is 0. The van der Waals surface area contributed by atoms with E-state index in [1.165, 1.54) is 36.6 Å². The molecular weight excluding hydrogens is 230 g/mol. The van der Waals surface area contributed by atoms with Gasteiger partial charge in [0, 0.05) is 23.3 Å². The minimum absolute atomic E-state index is 0.0141. The maximum absolute atomic E-state index is 5.80. The summed E-state index contributed by atoms with van der Waals surface area (Å²) in [6, 6.07) is 0. The third kappa shape index (κ3) is 2.87. The third-order valence-corrected chi connectivity index (χ3v) is 4.80. The zero-order chi connectivity index (χ0) is 12.5. The molecule has 0 bridgehead atoms. The minimum atomic E-state index is 0.0141. The second-order valence-corrected chi connectivity index (χ2v) is 6.63. The van der Waals surface area contributed by atoms with Crippen LogP contribution in [0.1, 0.15) is 43.3 Å². The molecule has 0 aliphatic carbocycles. The summed E-state index contributed by atoms with van der Waals surface area (Å²) >= 11 is 1.81. The van der Waals surface area contributed by atoms with E-state index >= 15 is 0 Å². The lowest BCUT2D eigenvalue weighted by Gasteiger charge is -2.27. The summed E-state index contributed by atoms with van der Waals surface area (Å²) in [5, 5.41) is 3.51. The zero-order valence-electron chi connectivity index (χ0n) is 11.1. The number of hydrogen-bond donors (Lipinski definition) is 1. The number of piperidine rings is 1. The van der Waals surface area contributed by atoms with Crippen LogP contribution in [0.2, 0.25) is 0 Å². The van der Waals surface area contributed by atoms with Crippen LogP contribution in [0.3, 0.4) is 0 Å². The van der Waals surface area contributed by atoms with Crippen LogP contribution < -0.4 is 5.73 Å². The van der Waals surface area contributed by atoms with E-state index in [1.807, 2.05) is 11.3 Å². The predicted octanol–water partition coefficient (Wildman–Crippen LogP) is 2.19. The number of nitrogens with zero attached hydrogens (tertiary/aromatic N) is 2. The first-order valence-electron chi connectivity index (χ1n) is 6.37. The second-order valence-electron chi connectivity index (χ2n) is 5.74. The van der Waals surface area contributed by atoms with E-state index in [0.29, 0.717) is 12.5 Å². The summed E-state index contributed by atoms with van der Waals surface area (Å²) in [5.41, 5.74) is 6.98. The molecule has 1 fully saturated rings. The molecule has 3 nitrogen and oxygen atoms in total. The first-order chi connectivity index (χ1) is 8.03. The number of nitrogens with two attached hydrogens (primary N) is 1. The van der Waals surface area contributed by atoms with Crippen LogP contribution in [-0.2, 0) is 5.41 Å². The largest absolute Gasteiger partial charge is 0.330 e. The smallest absolute Gasteiger partial charge is 0.0960 e. The molecule has 1 saturated heterocycles. The summed E-state index contributed by atoms with van der Waals surface area (Å²) in [6.07, 6.45) is 2.49. The molecule has 0 aromatic carbocycles. The highest BCUT2D eigenvalue weighted by atomic mass is 32.1. The first kappa shape index (κ1) is 13.0. The molecule has 0 amide bonds. The second kappa shape index (κ2) is 5.04. The van der Waals surface area contributed by atoms with Crippen LogP contribution >= 0.6 is 11.3 Å². The Labute approximate surface area is 108 Å². The van der Waals surface area contributed by atoms with E-state index in [2.05, 4.69) is 31.2 Å². The summed E-state index contributed by atoms with van der Waals surface area (Å²) in [4.78, 5) is 7.22. The molecule has 96 valence electrons. The normalized spacial score (nSPS) is 19.8. The van der Waals surface area contributed by atoms with Gasteiger partial charge >= 0.3 is 0 Å². The summed E-state index contributed by atoms with van der Waals surface area (Å²) in [6.45, 7) is 7.38. The van der Waals surface area contributed by atoms with Crippen molar-refractivity contribution < 1.29 is 0 Å². The Morgan fingerprint density at radius 1 is 1.47 bits per heavy atom. The minimum Gasteiger partial charge on any atom is -0.330 e. The van der Waals surface area contributed by atoms with Gasteiger partial charge < -0.3 is 10.6 Å². The fourth-order valence-electron chi connectivity index (χ4n) is 2.15. The van der Waals surface area contributed by atoms with E-state index in [4.69, 9.17) is 10.7 Å². The van der Waals surface area contributed by atoms with Crippen molar-refractivity contribution >= 4 is 11.3 Å². The predicted molar refractivity (Wildman–Crippen MR) is 73.7 cm³/mol. The number of hydrogen-bond acceptors (Lipinski definition) is 4. The van der Waals surface area contributed by atoms with E-state index in [1.54, 1.807) is 0 Å². The van der Waals surface area contributed by atoms with Crippen LogP contribution in [0.25, 0.3) is 0 Å². The Morgan fingerprint density at radius 3 is 2.71 bits per heavy atom. The van der Waals surface area contributed by atoms with Crippen LogP contribution in [0.4, 0.5) is 0 Å². The molecule has 0 atom stereocenters. The number of thiazole rings is 1. The van der Waals surface area contributed by atoms with Crippen molar-refractivity contribution in [2.45, 2.75) is 38.0 Å². The third-order valence-electron chi connectivity index (χ3n) is 3.79. The molecule has 1 aliphatic heterocycles. The molecule has 1 aliphatic rings. The fraction of sp³-hybridized carbons (Fsp3) is 0.769. The van der Waals surface area contributed by atoms with Gasteiger partial charge in [-0.2, -0.15) is 0 Å². The Hall–Kier alpha value is -0.450. The molecule has 1 aromatic heterocycles. The standard InChI is InChI=1S/C13H23N3S/c1-13(2,9-14)11-8-17-12(15-11)10-4-6-16(3)7-5-10/h8,10H,4-7,9,14H2,1-3H3. The van der Waals surface area contributed by atoms with Crippen molar-refractivity contribution in [3.63, 3.8) is 0 Å². The molecule has 4 heteroatoms. The van der Waals surface area contributed by atoms with Crippen molar-refractivity contribution in [1.82, 2.24) is 9.88 Å². The lowest BCUT2D eigenvalue weighted by Crippen LogP contribution is -2.30. The molecule has 2 N–H and O–H groups in total. The van der Waals surface area contributed by atoms with Gasteiger partial charge in [0.1, 0.15) is 0 Å². The van der Waals surface area contributed by atoms with E-state index < -0.39 is 0 Å². The van der Waals surface area contributed by atoms with Crippen LogP contribution in [0, 0.1) is 0 Å². The summed E-state index contributed by atoms with van der Waals surface area (Å²) in [5.74, 6) is 0.665. The zero-order valence-corrected chi connectivity index (χ0v) is 11.9. The lowest BCUT2D eigenvalue weighted by molar-refractivity contribution is 0.255. The van der Waals surface area contributed by atoms with Gasteiger partial charge in [-0.25, -0.2) is 4.98 Å². The number of likely N-dealkylation sites (tertiary alicyclic amines) is 1. The molecule has 0 saturated carbocycles. The highest BCUT2D eigenvalue weighted by Crippen LogP contribution is 2.32. The van der Waals surface area contributed by atoms with Gasteiger partial charge in [0.05, 0.1) is 10.7 Å². The molecule has 1 aromatic rings. The monoisotopic (exact) mass is 253 g/mol. The van der Waals surface area contributed by atoms with Crippen LogP contribution in [-0.4, -0.2) is 36.6 Å². The molecule has 2 rings (SSSR count). The van der Waals surface area contributed by atoms with Crippen molar-refractivity contribution in [1.29, 1.82) is 0 Å². The highest BCUT2D eigenvalue weighted by Gasteiger charge is 2.25. The van der Waals surface area contributed by atoms with Gasteiger partial charge in [-0.3, -0.25) is 0 Å². The topological polar surface area (TPSA) is 42.2 Å². The quantitative estimate of drug-likeness (QED) is 0.898. The molecule has 0 spiro atoms. The molecule has 0 unspecified atom stereocenters. The van der Waals surface area contributed by atoms with E-state index in [-0.39, 0.29) is 5.41 Å². The molecule has 0 radical (unpaired) electrons. The van der Waals surface area contributed by atoms with Gasteiger partial charge in [-0.1, -0.05) is 13.8 Å². The Morgan fingerprint density at radius 2 is 2.12 bits per heavy atom.